The van der Waals surface area contributed by atoms with Gasteiger partial charge in [-0.25, -0.2) is 0 Å². The Balaban J connectivity index is 0.000000376. The molecule has 0 aliphatic rings. The topological polar surface area (TPSA) is 51.8 Å². The van der Waals surface area contributed by atoms with Crippen LogP contribution >= 0.6 is 0 Å². The Hall–Kier alpha value is -5.29. The molecule has 1 radical (unpaired) electrons. The monoisotopic (exact) mass is 1020 g/mol. The molecule has 6 heteroatoms. The van der Waals surface area contributed by atoms with E-state index in [-0.39, 0.29) is 70.5 Å². The first-order valence-electron chi connectivity index (χ1n) is 24.5. The van der Waals surface area contributed by atoms with Gasteiger partial charge in [-0.1, -0.05) is 130 Å². The van der Waals surface area contributed by atoms with E-state index in [2.05, 4.69) is 103 Å². The van der Waals surface area contributed by atoms with Gasteiger partial charge in [0.25, 0.3) is 0 Å². The van der Waals surface area contributed by atoms with Crippen molar-refractivity contribution >= 4 is 21.9 Å². The van der Waals surface area contributed by atoms with Crippen molar-refractivity contribution in [2.45, 2.75) is 118 Å². The molecule has 4 nitrogen and oxygen atoms in total. The Kier molecular flexibility index (Phi) is 10.7. The van der Waals surface area contributed by atoms with E-state index < -0.39 is 19.1 Å². The molecule has 0 spiro atoms. The third-order valence-corrected chi connectivity index (χ3v) is 11.2. The number of pyridine rings is 3. The standard InChI is InChI=1S/C42H45N2O.C15H15FN.Ir/c1-25-17-28(40(3,4)5)15-16-31(25)34-21-37(43-23-26(34)2)33-14-12-13-32-35-24-44-36(22-38(35)45-39(32)33)27-18-29(41(6,7)8)20-30(19-27)42(9,10)11;1-15(2,3)12-8-9-17-14(10-12)11-4-6-13(16)7-5-11;/h12-13,15-24H,1-11H3;4,6-10H,1-3H3;/q2*-1;/i1D3,2D3,16D;;. The van der Waals surface area contributed by atoms with Gasteiger partial charge in [-0.15, -0.1) is 48.0 Å². The smallest absolute Gasteiger partial charge is 0.124 e. The average Bonchev–Trinajstić information content (AvgIpc) is 3.63. The van der Waals surface area contributed by atoms with Gasteiger partial charge in [0.15, 0.2) is 0 Å². The van der Waals surface area contributed by atoms with Gasteiger partial charge in [-0.2, -0.15) is 0 Å². The predicted molar refractivity (Wildman–Crippen MR) is 257 cm³/mol. The first-order chi connectivity index (χ1) is 31.8. The van der Waals surface area contributed by atoms with Crippen LogP contribution in [0.5, 0.6) is 0 Å². The zero-order valence-electron chi connectivity index (χ0n) is 45.3. The molecule has 0 fully saturated rings. The summed E-state index contributed by atoms with van der Waals surface area (Å²) in [6.07, 6.45) is 4.85. The summed E-state index contributed by atoms with van der Waals surface area (Å²) in [5.41, 5.74) is 9.09. The van der Waals surface area contributed by atoms with E-state index in [4.69, 9.17) is 19.0 Å². The molecular weight excluding hydrogens is 954 g/mol. The van der Waals surface area contributed by atoms with Gasteiger partial charge in [-0.05, 0) is 109 Å². The number of halogens is 1. The summed E-state index contributed by atoms with van der Waals surface area (Å²) >= 11 is 0. The molecular formula is C57H60FIrN3O-2. The van der Waals surface area contributed by atoms with Crippen molar-refractivity contribution in [2.24, 2.45) is 0 Å². The zero-order chi connectivity index (χ0) is 50.8. The van der Waals surface area contributed by atoms with Gasteiger partial charge >= 0.3 is 0 Å². The van der Waals surface area contributed by atoms with Crippen molar-refractivity contribution in [3.05, 3.63) is 161 Å². The fourth-order valence-corrected chi connectivity index (χ4v) is 7.19. The summed E-state index contributed by atoms with van der Waals surface area (Å²) in [5, 5.41) is 1.58. The molecule has 4 aromatic carbocycles. The third kappa shape index (κ3) is 10.4. The molecule has 0 amide bonds. The van der Waals surface area contributed by atoms with E-state index >= 15 is 0 Å². The minimum atomic E-state index is -2.63. The van der Waals surface area contributed by atoms with Crippen LogP contribution in [0.3, 0.4) is 0 Å². The second kappa shape index (κ2) is 17.7. The summed E-state index contributed by atoms with van der Waals surface area (Å²) in [5.74, 6) is -0.277. The molecule has 4 heterocycles. The number of aromatic nitrogens is 3. The second-order valence-corrected chi connectivity index (χ2v) is 20.2. The van der Waals surface area contributed by atoms with Gasteiger partial charge in [0, 0.05) is 69.8 Å². The van der Waals surface area contributed by atoms with Crippen LogP contribution in [-0.2, 0) is 41.8 Å². The van der Waals surface area contributed by atoms with Gasteiger partial charge in [0.1, 0.15) is 5.58 Å². The van der Waals surface area contributed by atoms with Crippen LogP contribution in [0.25, 0.3) is 66.8 Å². The Morgan fingerprint density at radius 1 is 0.587 bits per heavy atom. The Morgan fingerprint density at radius 2 is 1.24 bits per heavy atom. The molecule has 4 aromatic heterocycles. The van der Waals surface area contributed by atoms with Crippen molar-refractivity contribution in [3.63, 3.8) is 0 Å². The van der Waals surface area contributed by atoms with Crippen LogP contribution in [0.2, 0.25) is 0 Å². The first kappa shape index (κ1) is 38.2. The van der Waals surface area contributed by atoms with Gasteiger partial charge < -0.3 is 14.4 Å². The summed E-state index contributed by atoms with van der Waals surface area (Å²) < 4.78 is 78.6. The molecule has 0 bridgehead atoms. The number of rotatable bonds is 4. The molecule has 0 unspecified atom stereocenters. The number of hydrogen-bond acceptors (Lipinski definition) is 4. The molecule has 0 atom stereocenters. The van der Waals surface area contributed by atoms with Crippen LogP contribution in [0, 0.1) is 31.7 Å². The van der Waals surface area contributed by atoms with Crippen molar-refractivity contribution < 1.29 is 38.5 Å². The van der Waals surface area contributed by atoms with E-state index in [9.17, 15) is 4.39 Å². The molecule has 0 N–H and O–H groups in total. The summed E-state index contributed by atoms with van der Waals surface area (Å²) in [6, 6.07) is 31.5. The number of fused-ring (bicyclic) bond motifs is 3. The maximum absolute atomic E-state index is 12.8. The van der Waals surface area contributed by atoms with E-state index in [0.29, 0.717) is 28.0 Å². The van der Waals surface area contributed by atoms with Crippen molar-refractivity contribution in [3.8, 4) is 44.9 Å². The maximum Gasteiger partial charge on any atom is 0.124 e. The maximum atomic E-state index is 12.8. The SMILES string of the molecule is CC(C)(C)c1ccnc(-c2[c-]cc(F)cc2)c1.[2H]c1cc(C(C)(C)C)cc(C([2H])([2H])[2H])c1-c1cc(-c2[c-]ccc3c2oc2cc(-c4cc(C(C)(C)C)cc(C(C)(C)C)c4)ncc23)ncc1C([2H])([2H])[2H].[Ir]. The van der Waals surface area contributed by atoms with E-state index in [1.807, 2.05) is 51.2 Å². The largest absolute Gasteiger partial charge is 0.500 e. The first-order valence-corrected chi connectivity index (χ1v) is 21.0. The number of nitrogens with zero attached hydrogens (tertiary/aromatic N) is 3. The zero-order valence-corrected chi connectivity index (χ0v) is 40.7. The fourth-order valence-electron chi connectivity index (χ4n) is 7.19. The minimum Gasteiger partial charge on any atom is -0.500 e. The predicted octanol–water partition coefficient (Wildman–Crippen LogP) is 15.7. The summed E-state index contributed by atoms with van der Waals surface area (Å²) in [6.45, 7) is 20.2. The van der Waals surface area contributed by atoms with Crippen LogP contribution in [0.15, 0.2) is 114 Å². The molecule has 0 saturated carbocycles. The van der Waals surface area contributed by atoms with Crippen LogP contribution in [-0.4, -0.2) is 15.0 Å². The fraction of sp³-hybridized carbons (Fsp3) is 0.316. The quantitative estimate of drug-likeness (QED) is 0.165. The molecule has 8 aromatic rings. The van der Waals surface area contributed by atoms with E-state index in [1.54, 1.807) is 36.5 Å². The Labute approximate surface area is 398 Å². The molecule has 8 rings (SSSR count). The number of aryl methyl sites for hydroxylation is 2. The van der Waals surface area contributed by atoms with Gasteiger partial charge in [0.2, 0.25) is 0 Å². The number of furan rings is 1. The minimum absolute atomic E-state index is 0. The number of hydrogen-bond donors (Lipinski definition) is 0. The second-order valence-electron chi connectivity index (χ2n) is 20.2. The average molecular weight is 1020 g/mol. The normalized spacial score (nSPS) is 14.3. The Morgan fingerprint density at radius 3 is 1.86 bits per heavy atom. The van der Waals surface area contributed by atoms with Gasteiger partial charge in [0.05, 0.1) is 12.6 Å². The molecule has 0 saturated heterocycles. The van der Waals surface area contributed by atoms with Crippen LogP contribution < -0.4 is 0 Å². The van der Waals surface area contributed by atoms with Crippen molar-refractivity contribution in [1.82, 2.24) is 15.0 Å². The van der Waals surface area contributed by atoms with Gasteiger partial charge in [-0.3, -0.25) is 9.37 Å². The molecule has 0 aliphatic heterocycles. The molecule has 63 heavy (non-hydrogen) atoms. The molecule has 327 valence electrons. The van der Waals surface area contributed by atoms with E-state index in [0.717, 1.165) is 33.3 Å². The summed E-state index contributed by atoms with van der Waals surface area (Å²) in [4.78, 5) is 13.7. The Bertz CT molecular complexity index is 3170. The van der Waals surface area contributed by atoms with Crippen LogP contribution in [0.4, 0.5) is 4.39 Å². The summed E-state index contributed by atoms with van der Waals surface area (Å²) in [7, 11) is 0. The third-order valence-electron chi connectivity index (χ3n) is 11.2. The van der Waals surface area contributed by atoms with Crippen LogP contribution in [0.1, 0.15) is 126 Å². The van der Waals surface area contributed by atoms with Crippen molar-refractivity contribution in [1.29, 1.82) is 0 Å². The van der Waals surface area contributed by atoms with Crippen molar-refractivity contribution in [2.75, 3.05) is 0 Å². The van der Waals surface area contributed by atoms with E-state index in [1.165, 1.54) is 35.0 Å². The molecule has 0 aliphatic carbocycles. The number of benzene rings is 4.